The first-order chi connectivity index (χ1) is 19.4. The number of anilines is 2. The van der Waals surface area contributed by atoms with Crippen molar-refractivity contribution in [2.24, 2.45) is 5.10 Å². The van der Waals surface area contributed by atoms with Crippen molar-refractivity contribution in [2.45, 2.75) is 12.5 Å². The van der Waals surface area contributed by atoms with Crippen LogP contribution < -0.4 is 20.9 Å². The number of hydrogen-bond donors (Lipinski definition) is 3. The Hall–Kier alpha value is -5.38. The number of carbonyl (C=O) groups is 1. The molecule has 0 radical (unpaired) electrons. The van der Waals surface area contributed by atoms with Crippen LogP contribution in [0.15, 0.2) is 78.0 Å². The highest BCUT2D eigenvalue weighted by Crippen LogP contribution is 2.36. The Kier molecular flexibility index (Phi) is 7.32. The molecule has 1 aliphatic heterocycles. The molecule has 0 saturated heterocycles. The van der Waals surface area contributed by atoms with E-state index in [0.717, 1.165) is 22.3 Å². The molecule has 3 aromatic carbocycles. The van der Waals surface area contributed by atoms with E-state index >= 15 is 0 Å². The molecule has 1 atom stereocenters. The molecule has 1 aliphatic rings. The minimum atomic E-state index is -0.477. The summed E-state index contributed by atoms with van der Waals surface area (Å²) in [4.78, 5) is 21.7. The van der Waals surface area contributed by atoms with Gasteiger partial charge in [-0.15, -0.1) is 0 Å². The second kappa shape index (κ2) is 11.2. The van der Waals surface area contributed by atoms with Gasteiger partial charge in [0.25, 0.3) is 5.91 Å². The summed E-state index contributed by atoms with van der Waals surface area (Å²) in [7, 11) is 3.08. The highest BCUT2D eigenvalue weighted by atomic mass is 16.5. The number of nitrogens with zero attached hydrogens (tertiary/aromatic N) is 4. The summed E-state index contributed by atoms with van der Waals surface area (Å²) in [5, 5.41) is 15.7. The van der Waals surface area contributed by atoms with Crippen LogP contribution in [0.2, 0.25) is 0 Å². The van der Waals surface area contributed by atoms with E-state index < -0.39 is 6.04 Å². The van der Waals surface area contributed by atoms with Gasteiger partial charge < -0.3 is 26.0 Å². The van der Waals surface area contributed by atoms with Gasteiger partial charge in [0, 0.05) is 35.4 Å². The van der Waals surface area contributed by atoms with Crippen molar-refractivity contribution < 1.29 is 19.4 Å². The van der Waals surface area contributed by atoms with Gasteiger partial charge in [-0.2, -0.15) is 10.1 Å². The van der Waals surface area contributed by atoms with E-state index in [1.807, 2.05) is 36.4 Å². The highest BCUT2D eigenvalue weighted by Gasteiger charge is 2.30. The average molecular weight is 537 g/mol. The standard InChI is InChI=1S/C30H28N6O4/c1-39-25-15-18(14-22-16-33-30(32)35-29(22)31)13-20(28(25)40-2)9-12-26(38)36-27(19-7-10-23(37)11-8-19)24-6-4-3-5-21(24)17-34-36/h3-13,15-17,27,37H,14H2,1-2H3,(H4,31,32,33,35)/b12-9+. The largest absolute Gasteiger partial charge is 0.508 e. The molecule has 1 amide bonds. The number of benzene rings is 3. The molecule has 0 spiro atoms. The molecule has 5 N–H and O–H groups in total. The number of hydrazone groups is 1. The second-order valence-electron chi connectivity index (χ2n) is 9.12. The van der Waals surface area contributed by atoms with Crippen molar-refractivity contribution in [3.63, 3.8) is 0 Å². The van der Waals surface area contributed by atoms with E-state index in [-0.39, 0.29) is 23.4 Å². The molecule has 2 heterocycles. The molecule has 4 aromatic rings. The van der Waals surface area contributed by atoms with Crippen molar-refractivity contribution in [1.29, 1.82) is 0 Å². The number of ether oxygens (including phenoxy) is 2. The van der Waals surface area contributed by atoms with E-state index in [4.69, 9.17) is 20.9 Å². The maximum atomic E-state index is 13.6. The molecule has 5 rings (SSSR count). The zero-order valence-electron chi connectivity index (χ0n) is 22.0. The normalized spacial score (nSPS) is 14.2. The fourth-order valence-electron chi connectivity index (χ4n) is 4.67. The predicted octanol–water partition coefficient (Wildman–Crippen LogP) is 3.93. The van der Waals surface area contributed by atoms with Gasteiger partial charge in [0.2, 0.25) is 5.95 Å². The van der Waals surface area contributed by atoms with Gasteiger partial charge in [-0.05, 0) is 47.0 Å². The fraction of sp³-hybridized carbons (Fsp3) is 0.133. The van der Waals surface area contributed by atoms with Gasteiger partial charge in [-0.25, -0.2) is 9.99 Å². The Labute approximate surface area is 231 Å². The van der Waals surface area contributed by atoms with E-state index in [9.17, 15) is 9.90 Å². The Bertz CT molecular complexity index is 1620. The molecule has 0 aliphatic carbocycles. The van der Waals surface area contributed by atoms with Crippen LogP contribution in [0.25, 0.3) is 6.08 Å². The lowest BCUT2D eigenvalue weighted by atomic mass is 9.93. The van der Waals surface area contributed by atoms with Gasteiger partial charge in [0.15, 0.2) is 11.5 Å². The molecule has 0 fully saturated rings. The van der Waals surface area contributed by atoms with Gasteiger partial charge >= 0.3 is 0 Å². The van der Waals surface area contributed by atoms with Crippen LogP contribution in [0.4, 0.5) is 11.8 Å². The third-order valence-electron chi connectivity index (χ3n) is 6.58. The number of phenolic OH excluding ortho intramolecular Hbond substituents is 1. The van der Waals surface area contributed by atoms with E-state index in [2.05, 4.69) is 15.1 Å². The Morgan fingerprint density at radius 3 is 2.58 bits per heavy atom. The third-order valence-corrected chi connectivity index (χ3v) is 6.58. The Morgan fingerprint density at radius 1 is 1.07 bits per heavy atom. The van der Waals surface area contributed by atoms with Crippen molar-refractivity contribution in [3.8, 4) is 17.2 Å². The maximum Gasteiger partial charge on any atom is 0.267 e. The molecule has 0 bridgehead atoms. The lowest BCUT2D eigenvalue weighted by Crippen LogP contribution is -2.33. The molecule has 1 unspecified atom stereocenters. The number of rotatable bonds is 7. The van der Waals surface area contributed by atoms with Gasteiger partial charge in [-0.1, -0.05) is 36.4 Å². The second-order valence-corrected chi connectivity index (χ2v) is 9.12. The van der Waals surface area contributed by atoms with Crippen molar-refractivity contribution in [1.82, 2.24) is 15.0 Å². The first-order valence-electron chi connectivity index (χ1n) is 12.4. The summed E-state index contributed by atoms with van der Waals surface area (Å²) < 4.78 is 11.2. The van der Waals surface area contributed by atoms with Gasteiger partial charge in [-0.3, -0.25) is 4.79 Å². The van der Waals surface area contributed by atoms with Crippen molar-refractivity contribution in [2.75, 3.05) is 25.7 Å². The molecular formula is C30H28N6O4. The smallest absolute Gasteiger partial charge is 0.267 e. The van der Waals surface area contributed by atoms with Crippen LogP contribution >= 0.6 is 0 Å². The number of hydrogen-bond acceptors (Lipinski definition) is 9. The van der Waals surface area contributed by atoms with Crippen LogP contribution in [0.3, 0.4) is 0 Å². The molecule has 40 heavy (non-hydrogen) atoms. The summed E-state index contributed by atoms with van der Waals surface area (Å²) >= 11 is 0. The van der Waals surface area contributed by atoms with E-state index in [0.29, 0.717) is 29.0 Å². The van der Waals surface area contributed by atoms with Crippen molar-refractivity contribution >= 4 is 30.0 Å². The summed E-state index contributed by atoms with van der Waals surface area (Å²) in [5.74, 6) is 1.16. The zero-order valence-corrected chi connectivity index (χ0v) is 22.0. The molecule has 10 heteroatoms. The first-order valence-corrected chi connectivity index (χ1v) is 12.4. The topological polar surface area (TPSA) is 149 Å². The number of phenols is 1. The lowest BCUT2D eigenvalue weighted by molar-refractivity contribution is -0.127. The number of aromatic hydroxyl groups is 1. The third kappa shape index (κ3) is 5.28. The number of nitrogen functional groups attached to an aromatic ring is 2. The van der Waals surface area contributed by atoms with Gasteiger partial charge in [0.05, 0.1) is 20.4 Å². The Morgan fingerprint density at radius 2 is 1.85 bits per heavy atom. The molecular weight excluding hydrogens is 508 g/mol. The minimum Gasteiger partial charge on any atom is -0.508 e. The lowest BCUT2D eigenvalue weighted by Gasteiger charge is -2.31. The van der Waals surface area contributed by atoms with Crippen LogP contribution in [0.1, 0.15) is 39.4 Å². The predicted molar refractivity (Wildman–Crippen MR) is 153 cm³/mol. The number of methoxy groups -OCH3 is 2. The average Bonchev–Trinajstić information content (AvgIpc) is 2.97. The Balaban J connectivity index is 1.49. The quantitative estimate of drug-likeness (QED) is 0.301. The minimum absolute atomic E-state index is 0.101. The monoisotopic (exact) mass is 536 g/mol. The zero-order chi connectivity index (χ0) is 28.2. The fourth-order valence-corrected chi connectivity index (χ4v) is 4.67. The van der Waals surface area contributed by atoms with Crippen LogP contribution in [0.5, 0.6) is 17.2 Å². The summed E-state index contributed by atoms with van der Waals surface area (Å²) in [6.07, 6.45) is 6.78. The molecule has 202 valence electrons. The summed E-state index contributed by atoms with van der Waals surface area (Å²) in [6.45, 7) is 0. The number of amides is 1. The number of fused-ring (bicyclic) bond motifs is 1. The number of nitrogens with two attached hydrogens (primary N) is 2. The van der Waals surface area contributed by atoms with Crippen LogP contribution in [0, 0.1) is 0 Å². The molecule has 1 aromatic heterocycles. The number of carbonyl (C=O) groups excluding carboxylic acids is 1. The summed E-state index contributed by atoms with van der Waals surface area (Å²) in [6, 6.07) is 17.8. The maximum absolute atomic E-state index is 13.6. The van der Waals surface area contributed by atoms with Gasteiger partial charge in [0.1, 0.15) is 17.6 Å². The number of aromatic nitrogens is 2. The van der Waals surface area contributed by atoms with Crippen LogP contribution in [-0.2, 0) is 11.2 Å². The van der Waals surface area contributed by atoms with Crippen LogP contribution in [-0.4, -0.2) is 46.4 Å². The van der Waals surface area contributed by atoms with E-state index in [1.165, 1.54) is 18.2 Å². The molecule has 10 nitrogen and oxygen atoms in total. The molecule has 0 saturated carbocycles. The van der Waals surface area contributed by atoms with Crippen molar-refractivity contribution in [3.05, 3.63) is 106 Å². The highest BCUT2D eigenvalue weighted by molar-refractivity contribution is 5.95. The van der Waals surface area contributed by atoms with E-state index in [1.54, 1.807) is 49.9 Å². The first kappa shape index (κ1) is 26.2. The SMILES string of the molecule is COc1cc(Cc2cnc(N)nc2N)cc(/C=C/C(=O)N2N=Cc3ccccc3C2c2ccc(O)cc2)c1OC. The summed E-state index contributed by atoms with van der Waals surface area (Å²) in [5.41, 5.74) is 16.5.